The van der Waals surface area contributed by atoms with Crippen molar-refractivity contribution in [3.8, 4) is 0 Å². The third kappa shape index (κ3) is 7.80. The fraction of sp³-hybridized carbons (Fsp3) is 1.00. The van der Waals surface area contributed by atoms with Gasteiger partial charge in [-0.15, -0.1) is 0 Å². The van der Waals surface area contributed by atoms with E-state index in [-0.39, 0.29) is 6.61 Å². The van der Waals surface area contributed by atoms with Gasteiger partial charge < -0.3 is 17.8 Å². The highest BCUT2D eigenvalue weighted by molar-refractivity contribution is 6.87. The lowest BCUT2D eigenvalue weighted by Gasteiger charge is -2.43. The van der Waals surface area contributed by atoms with E-state index in [0.29, 0.717) is 0 Å². The lowest BCUT2D eigenvalue weighted by molar-refractivity contribution is 0.206. The smallest absolute Gasteiger partial charge is 0.326 e. The number of aliphatic hydroxyl groups is 1. The SMILES string of the molecule is CCCC[Si]1(C)O[Si](C)(CCC)CCCCO[Si](C)(CCCO)O1. The first-order chi connectivity index (χ1) is 11.3. The molecule has 3 atom stereocenters. The maximum Gasteiger partial charge on any atom is 0.326 e. The van der Waals surface area contributed by atoms with E-state index in [1.165, 1.54) is 37.8 Å². The van der Waals surface area contributed by atoms with Crippen LogP contribution in [0.25, 0.3) is 0 Å². The van der Waals surface area contributed by atoms with Gasteiger partial charge in [-0.2, -0.15) is 0 Å². The van der Waals surface area contributed by atoms with Gasteiger partial charge in [-0.3, -0.25) is 0 Å². The molecule has 1 N–H and O–H groups in total. The molecule has 7 heteroatoms. The van der Waals surface area contributed by atoms with E-state index in [4.69, 9.17) is 12.7 Å². The molecular formula is C17H40O4Si3. The molecule has 0 aromatic carbocycles. The zero-order valence-electron chi connectivity index (χ0n) is 16.7. The second kappa shape index (κ2) is 10.6. The molecule has 1 rings (SSSR count). The third-order valence-corrected chi connectivity index (χ3v) is 18.4. The van der Waals surface area contributed by atoms with Crippen LogP contribution in [0.2, 0.25) is 43.8 Å². The third-order valence-electron chi connectivity index (χ3n) is 4.95. The monoisotopic (exact) mass is 392 g/mol. The van der Waals surface area contributed by atoms with Crippen molar-refractivity contribution in [1.29, 1.82) is 0 Å². The predicted molar refractivity (Wildman–Crippen MR) is 108 cm³/mol. The number of unbranched alkanes of at least 4 members (excludes halogenated alkanes) is 1. The molecule has 0 bridgehead atoms. The van der Waals surface area contributed by atoms with Crippen LogP contribution in [0.15, 0.2) is 0 Å². The van der Waals surface area contributed by atoms with Crippen molar-refractivity contribution in [1.82, 2.24) is 0 Å². The van der Waals surface area contributed by atoms with Crippen molar-refractivity contribution >= 4 is 25.4 Å². The minimum atomic E-state index is -2.27. The maximum absolute atomic E-state index is 9.26. The van der Waals surface area contributed by atoms with Gasteiger partial charge in [0.2, 0.25) is 0 Å². The highest BCUT2D eigenvalue weighted by atomic mass is 28.5. The summed E-state index contributed by atoms with van der Waals surface area (Å²) in [7, 11) is -6.20. The Morgan fingerprint density at radius 2 is 1.54 bits per heavy atom. The lowest BCUT2D eigenvalue weighted by Crippen LogP contribution is -2.57. The minimum absolute atomic E-state index is 0.214. The largest absolute Gasteiger partial charge is 0.436 e. The van der Waals surface area contributed by atoms with Crippen LogP contribution in [0.5, 0.6) is 0 Å². The topological polar surface area (TPSA) is 47.9 Å². The van der Waals surface area contributed by atoms with Crippen molar-refractivity contribution in [2.75, 3.05) is 13.2 Å². The molecule has 0 aromatic rings. The van der Waals surface area contributed by atoms with Crippen molar-refractivity contribution in [2.45, 2.75) is 96.2 Å². The van der Waals surface area contributed by atoms with Crippen LogP contribution in [0.1, 0.15) is 52.4 Å². The Labute approximate surface area is 152 Å². The van der Waals surface area contributed by atoms with Gasteiger partial charge in [-0.1, -0.05) is 39.5 Å². The van der Waals surface area contributed by atoms with E-state index in [2.05, 4.69) is 33.5 Å². The minimum Gasteiger partial charge on any atom is -0.436 e. The lowest BCUT2D eigenvalue weighted by atomic mass is 10.4. The zero-order valence-corrected chi connectivity index (χ0v) is 19.7. The van der Waals surface area contributed by atoms with Gasteiger partial charge in [-0.05, 0) is 56.7 Å². The van der Waals surface area contributed by atoms with Crippen molar-refractivity contribution in [2.24, 2.45) is 0 Å². The Balaban J connectivity index is 3.00. The number of hydrogen-bond donors (Lipinski definition) is 1. The average molecular weight is 393 g/mol. The zero-order chi connectivity index (χ0) is 18.1. The summed E-state index contributed by atoms with van der Waals surface area (Å²) in [6.45, 7) is 12.4. The van der Waals surface area contributed by atoms with Gasteiger partial charge in [0.15, 0.2) is 8.32 Å². The Morgan fingerprint density at radius 1 is 0.833 bits per heavy atom. The molecule has 0 aliphatic carbocycles. The van der Waals surface area contributed by atoms with Crippen LogP contribution in [0.4, 0.5) is 0 Å². The van der Waals surface area contributed by atoms with Gasteiger partial charge >= 0.3 is 17.1 Å². The molecule has 0 spiro atoms. The first kappa shape index (κ1) is 22.5. The van der Waals surface area contributed by atoms with E-state index < -0.39 is 25.4 Å². The van der Waals surface area contributed by atoms with Crippen LogP contribution in [0, 0.1) is 0 Å². The summed E-state index contributed by atoms with van der Waals surface area (Å²) in [5.41, 5.74) is 0. The van der Waals surface area contributed by atoms with Crippen LogP contribution in [0.3, 0.4) is 0 Å². The first-order valence-electron chi connectivity index (χ1n) is 9.95. The molecule has 1 aliphatic rings. The van der Waals surface area contributed by atoms with E-state index in [1.807, 2.05) is 0 Å². The summed E-state index contributed by atoms with van der Waals surface area (Å²) in [4.78, 5) is 0. The summed E-state index contributed by atoms with van der Waals surface area (Å²) in [5, 5.41) is 9.26. The van der Waals surface area contributed by atoms with Crippen molar-refractivity contribution in [3.05, 3.63) is 0 Å². The van der Waals surface area contributed by atoms with E-state index >= 15 is 0 Å². The molecule has 1 heterocycles. The fourth-order valence-corrected chi connectivity index (χ4v) is 19.3. The molecule has 0 radical (unpaired) electrons. The predicted octanol–water partition coefficient (Wildman–Crippen LogP) is 5.14. The van der Waals surface area contributed by atoms with E-state index in [1.54, 1.807) is 0 Å². The van der Waals surface area contributed by atoms with Crippen LogP contribution in [-0.2, 0) is 12.7 Å². The quantitative estimate of drug-likeness (QED) is 0.581. The fourth-order valence-electron chi connectivity index (χ4n) is 3.80. The van der Waals surface area contributed by atoms with Crippen LogP contribution in [-0.4, -0.2) is 43.8 Å². The average Bonchev–Trinajstić information content (AvgIpc) is 2.50. The number of rotatable bonds is 8. The molecule has 1 fully saturated rings. The molecule has 0 aromatic heterocycles. The highest BCUT2D eigenvalue weighted by Gasteiger charge is 2.47. The Kier molecular flexibility index (Phi) is 9.95. The molecule has 4 nitrogen and oxygen atoms in total. The summed E-state index contributed by atoms with van der Waals surface area (Å²) < 4.78 is 20.1. The second-order valence-electron chi connectivity index (χ2n) is 7.91. The number of hydrogen-bond acceptors (Lipinski definition) is 4. The number of aliphatic hydroxyl groups excluding tert-OH is 1. The Bertz CT molecular complexity index is 361. The molecule has 144 valence electrons. The Morgan fingerprint density at radius 3 is 2.17 bits per heavy atom. The van der Waals surface area contributed by atoms with E-state index in [0.717, 1.165) is 31.5 Å². The van der Waals surface area contributed by atoms with E-state index in [9.17, 15) is 5.11 Å². The molecule has 1 saturated heterocycles. The van der Waals surface area contributed by atoms with Gasteiger partial charge in [0.1, 0.15) is 0 Å². The van der Waals surface area contributed by atoms with Crippen LogP contribution >= 0.6 is 0 Å². The highest BCUT2D eigenvalue weighted by Crippen LogP contribution is 2.34. The summed E-state index contributed by atoms with van der Waals surface area (Å²) in [5.74, 6) is 0. The normalized spacial score (nSPS) is 35.8. The maximum atomic E-state index is 9.26. The molecule has 3 unspecified atom stereocenters. The second-order valence-corrected chi connectivity index (χ2v) is 19.3. The summed E-state index contributed by atoms with van der Waals surface area (Å²) in [6.07, 6.45) is 6.64. The van der Waals surface area contributed by atoms with Gasteiger partial charge in [0, 0.05) is 13.2 Å². The molecule has 0 saturated carbocycles. The molecule has 24 heavy (non-hydrogen) atoms. The van der Waals surface area contributed by atoms with Crippen molar-refractivity contribution in [3.63, 3.8) is 0 Å². The van der Waals surface area contributed by atoms with Gasteiger partial charge in [0.25, 0.3) is 0 Å². The molecular weight excluding hydrogens is 352 g/mol. The first-order valence-corrected chi connectivity index (χ1v) is 17.8. The van der Waals surface area contributed by atoms with Crippen molar-refractivity contribution < 1.29 is 17.8 Å². The molecule has 1 aliphatic heterocycles. The Hall–Kier alpha value is 0.491. The van der Waals surface area contributed by atoms with Gasteiger partial charge in [0.05, 0.1) is 0 Å². The standard InChI is InChI=1S/C17H40O4Si3/c1-6-8-16-24(5)20-22(3,14-7-2)15-10-9-13-19-23(4,21-24)17-11-12-18/h18H,6-17H2,1-5H3. The summed E-state index contributed by atoms with van der Waals surface area (Å²) >= 11 is 0. The van der Waals surface area contributed by atoms with Gasteiger partial charge in [-0.25, -0.2) is 0 Å². The summed E-state index contributed by atoms with van der Waals surface area (Å²) in [6, 6.07) is 4.41. The molecule has 0 amide bonds. The van der Waals surface area contributed by atoms with Crippen LogP contribution < -0.4 is 0 Å².